The maximum Gasteiger partial charge on any atom is 0.472 e. The Labute approximate surface area is 153 Å². The summed E-state index contributed by atoms with van der Waals surface area (Å²) in [5.74, 6) is 0.206. The van der Waals surface area contributed by atoms with Gasteiger partial charge in [0, 0.05) is 6.42 Å². The minimum atomic E-state index is -4.55. The first-order valence-electron chi connectivity index (χ1n) is 7.98. The monoisotopic (exact) mass is 405 g/mol. The number of aliphatic hydroxyl groups is 3. The number of nitrogens with two attached hydrogens (primary N) is 1. The maximum atomic E-state index is 11.8. The molecular formula is C13H20N5O8P. The molecule has 150 valence electrons. The third kappa shape index (κ3) is 4.42. The van der Waals surface area contributed by atoms with Crippen LogP contribution in [-0.2, 0) is 18.3 Å². The number of phosphoric acid groups is 1. The predicted molar refractivity (Wildman–Crippen MR) is 89.1 cm³/mol. The van der Waals surface area contributed by atoms with E-state index in [2.05, 4.69) is 19.5 Å². The van der Waals surface area contributed by atoms with Gasteiger partial charge in [-0.05, 0) is 0 Å². The highest BCUT2D eigenvalue weighted by molar-refractivity contribution is 7.47. The van der Waals surface area contributed by atoms with Crippen LogP contribution in [0.15, 0.2) is 12.7 Å². The maximum absolute atomic E-state index is 11.8. The van der Waals surface area contributed by atoms with Gasteiger partial charge >= 0.3 is 7.82 Å². The summed E-state index contributed by atoms with van der Waals surface area (Å²) in [6, 6.07) is 0. The van der Waals surface area contributed by atoms with Crippen LogP contribution in [0.3, 0.4) is 0 Å². The molecule has 0 amide bonds. The van der Waals surface area contributed by atoms with Gasteiger partial charge < -0.3 is 30.7 Å². The van der Waals surface area contributed by atoms with E-state index in [-0.39, 0.29) is 12.2 Å². The standard InChI is InChI=1S/C13H20N5O8P/c14-12-11-13(16-5-15-12)18(6-17-11)10-1-8(21)9(25-10)4-24-27(22,23)26-7(2-19)3-20/h5-10,19-21H,1-4H2,(H,22,23)(H2,14,15,16)/t8?,9-,10-/m1/s1. The van der Waals surface area contributed by atoms with Crippen molar-refractivity contribution in [1.29, 1.82) is 0 Å². The summed E-state index contributed by atoms with van der Waals surface area (Å²) in [7, 11) is -4.55. The molecule has 2 aromatic heterocycles. The van der Waals surface area contributed by atoms with Crippen molar-refractivity contribution >= 4 is 24.8 Å². The quantitative estimate of drug-likeness (QED) is 0.321. The van der Waals surface area contributed by atoms with Crippen molar-refractivity contribution in [2.24, 2.45) is 0 Å². The molecule has 1 aliphatic heterocycles. The highest BCUT2D eigenvalue weighted by atomic mass is 31.2. The van der Waals surface area contributed by atoms with Gasteiger partial charge in [0.1, 0.15) is 30.3 Å². The first-order chi connectivity index (χ1) is 12.8. The lowest BCUT2D eigenvalue weighted by molar-refractivity contribution is -0.0483. The molecule has 0 saturated carbocycles. The molecule has 2 aromatic rings. The van der Waals surface area contributed by atoms with E-state index >= 15 is 0 Å². The molecule has 1 fully saturated rings. The number of aliphatic hydroxyl groups excluding tert-OH is 3. The number of ether oxygens (including phenoxy) is 1. The molecular weight excluding hydrogens is 385 g/mol. The van der Waals surface area contributed by atoms with E-state index in [1.54, 1.807) is 4.57 Å². The molecule has 0 spiro atoms. The number of anilines is 1. The number of hydrogen-bond donors (Lipinski definition) is 5. The number of hydrogen-bond acceptors (Lipinski definition) is 11. The average Bonchev–Trinajstić information content (AvgIpc) is 3.22. The molecule has 13 nitrogen and oxygen atoms in total. The number of fused-ring (bicyclic) bond motifs is 1. The molecule has 3 rings (SSSR count). The second-order valence-electron chi connectivity index (χ2n) is 5.87. The molecule has 1 saturated heterocycles. The summed E-state index contributed by atoms with van der Waals surface area (Å²) in [4.78, 5) is 21.7. The highest BCUT2D eigenvalue weighted by Gasteiger charge is 2.38. The number of phosphoric ester groups is 1. The molecule has 0 aromatic carbocycles. The Balaban J connectivity index is 1.64. The lowest BCUT2D eigenvalue weighted by Crippen LogP contribution is -2.27. The molecule has 0 aliphatic carbocycles. The van der Waals surface area contributed by atoms with Gasteiger partial charge in [0.25, 0.3) is 0 Å². The average molecular weight is 405 g/mol. The van der Waals surface area contributed by atoms with Crippen LogP contribution < -0.4 is 5.73 Å². The van der Waals surface area contributed by atoms with Gasteiger partial charge in [-0.25, -0.2) is 19.5 Å². The van der Waals surface area contributed by atoms with Gasteiger partial charge in [-0.3, -0.25) is 13.6 Å². The second-order valence-corrected chi connectivity index (χ2v) is 7.28. The summed E-state index contributed by atoms with van der Waals surface area (Å²) < 4.78 is 28.5. The molecule has 4 atom stereocenters. The molecule has 6 N–H and O–H groups in total. The summed E-state index contributed by atoms with van der Waals surface area (Å²) in [5.41, 5.74) is 6.55. The molecule has 3 heterocycles. The number of rotatable bonds is 8. The summed E-state index contributed by atoms with van der Waals surface area (Å²) in [6.07, 6.45) is -0.922. The first kappa shape index (κ1) is 20.0. The van der Waals surface area contributed by atoms with Gasteiger partial charge in [-0.2, -0.15) is 0 Å². The number of imidazole rings is 1. The molecule has 2 unspecified atom stereocenters. The third-order valence-corrected chi connectivity index (χ3v) is 5.03. The van der Waals surface area contributed by atoms with Crippen molar-refractivity contribution < 1.29 is 38.6 Å². The normalized spacial score (nSPS) is 25.3. The van der Waals surface area contributed by atoms with Gasteiger partial charge in [-0.1, -0.05) is 0 Å². The van der Waals surface area contributed by atoms with Gasteiger partial charge in [-0.15, -0.1) is 0 Å². The van der Waals surface area contributed by atoms with Gasteiger partial charge in [0.2, 0.25) is 0 Å². The van der Waals surface area contributed by atoms with E-state index in [4.69, 9.17) is 25.2 Å². The van der Waals surface area contributed by atoms with E-state index in [9.17, 15) is 14.6 Å². The second kappa shape index (κ2) is 8.12. The van der Waals surface area contributed by atoms with E-state index in [1.165, 1.54) is 12.7 Å². The minimum absolute atomic E-state index is 0.163. The van der Waals surface area contributed by atoms with E-state index < -0.39 is 52.2 Å². The summed E-state index contributed by atoms with van der Waals surface area (Å²) in [5, 5.41) is 28.0. The van der Waals surface area contributed by atoms with Crippen LogP contribution in [0.1, 0.15) is 12.6 Å². The molecule has 0 radical (unpaired) electrons. The zero-order valence-corrected chi connectivity index (χ0v) is 14.9. The highest BCUT2D eigenvalue weighted by Crippen LogP contribution is 2.45. The first-order valence-corrected chi connectivity index (χ1v) is 9.48. The fraction of sp³-hybridized carbons (Fsp3) is 0.615. The lowest BCUT2D eigenvalue weighted by Gasteiger charge is -2.20. The van der Waals surface area contributed by atoms with Crippen LogP contribution in [0.4, 0.5) is 5.82 Å². The summed E-state index contributed by atoms with van der Waals surface area (Å²) in [6.45, 7) is -1.76. The SMILES string of the molecule is Nc1ncnc2c1ncn2[C@H]1CC(O)[C@@H](COP(=O)(O)OC(CO)CO)O1. The van der Waals surface area contributed by atoms with Crippen LogP contribution in [0.2, 0.25) is 0 Å². The fourth-order valence-electron chi connectivity index (χ4n) is 2.63. The van der Waals surface area contributed by atoms with Crippen molar-refractivity contribution in [3.05, 3.63) is 12.7 Å². The Bertz CT molecular complexity index is 830. The fourth-order valence-corrected chi connectivity index (χ4v) is 3.53. The number of aromatic nitrogens is 4. The molecule has 1 aliphatic rings. The van der Waals surface area contributed by atoms with Crippen molar-refractivity contribution in [1.82, 2.24) is 19.5 Å². The van der Waals surface area contributed by atoms with Gasteiger partial charge in [0.15, 0.2) is 11.5 Å². The lowest BCUT2D eigenvalue weighted by atomic mass is 10.2. The van der Waals surface area contributed by atoms with Crippen LogP contribution in [0, 0.1) is 0 Å². The van der Waals surface area contributed by atoms with Crippen molar-refractivity contribution in [2.75, 3.05) is 25.6 Å². The Hall–Kier alpha value is -1.70. The number of nitrogens with zero attached hydrogens (tertiary/aromatic N) is 4. The van der Waals surface area contributed by atoms with Gasteiger partial charge in [0.05, 0.1) is 32.3 Å². The molecule has 14 heteroatoms. The molecule has 0 bridgehead atoms. The molecule has 27 heavy (non-hydrogen) atoms. The summed E-state index contributed by atoms with van der Waals surface area (Å²) >= 11 is 0. The predicted octanol–water partition coefficient (Wildman–Crippen LogP) is -1.46. The van der Waals surface area contributed by atoms with Crippen LogP contribution in [0.5, 0.6) is 0 Å². The van der Waals surface area contributed by atoms with Crippen molar-refractivity contribution in [3.8, 4) is 0 Å². The topological polar surface area (TPSA) is 195 Å². The van der Waals surface area contributed by atoms with Crippen LogP contribution in [-0.4, -0.2) is 77.9 Å². The van der Waals surface area contributed by atoms with Crippen LogP contribution >= 0.6 is 7.82 Å². The zero-order chi connectivity index (χ0) is 19.6. The Kier molecular flexibility index (Phi) is 6.03. The largest absolute Gasteiger partial charge is 0.472 e. The van der Waals surface area contributed by atoms with E-state index in [1.807, 2.05) is 0 Å². The number of nitrogen functional groups attached to an aromatic ring is 1. The van der Waals surface area contributed by atoms with Crippen molar-refractivity contribution in [2.45, 2.75) is 31.0 Å². The Morgan fingerprint density at radius 1 is 1.37 bits per heavy atom. The third-order valence-electron chi connectivity index (χ3n) is 3.99. The van der Waals surface area contributed by atoms with E-state index in [0.29, 0.717) is 11.2 Å². The Morgan fingerprint density at radius 3 is 2.81 bits per heavy atom. The zero-order valence-electron chi connectivity index (χ0n) is 14.0. The van der Waals surface area contributed by atoms with Crippen molar-refractivity contribution in [3.63, 3.8) is 0 Å². The minimum Gasteiger partial charge on any atom is -0.394 e. The Morgan fingerprint density at radius 2 is 2.11 bits per heavy atom. The smallest absolute Gasteiger partial charge is 0.394 e. The van der Waals surface area contributed by atoms with Crippen LogP contribution in [0.25, 0.3) is 11.2 Å². The van der Waals surface area contributed by atoms with E-state index in [0.717, 1.165) is 0 Å².